The molecular formula is C26H27N3O4S. The number of phenols is 1. The fourth-order valence-electron chi connectivity index (χ4n) is 4.00. The number of hydrogen-bond acceptors (Lipinski definition) is 6. The molecule has 8 heteroatoms. The van der Waals surface area contributed by atoms with Gasteiger partial charge >= 0.3 is 0 Å². The molecule has 0 aliphatic heterocycles. The normalized spacial score (nSPS) is 17.6. The van der Waals surface area contributed by atoms with E-state index in [1.165, 1.54) is 6.07 Å². The number of carbonyl (C=O) groups is 2. The van der Waals surface area contributed by atoms with Gasteiger partial charge in [-0.15, -0.1) is 11.8 Å². The lowest BCUT2D eigenvalue weighted by Crippen LogP contribution is -2.43. The number of nitrogens with zero attached hydrogens (tertiary/aromatic N) is 1. The molecule has 0 unspecified atom stereocenters. The van der Waals surface area contributed by atoms with Crippen molar-refractivity contribution in [3.05, 3.63) is 78.0 Å². The van der Waals surface area contributed by atoms with Crippen LogP contribution in [-0.4, -0.2) is 40.2 Å². The van der Waals surface area contributed by atoms with Gasteiger partial charge in [0.15, 0.2) is 0 Å². The molecule has 0 spiro atoms. The summed E-state index contributed by atoms with van der Waals surface area (Å²) in [5, 5.41) is 15.9. The number of pyridine rings is 1. The lowest BCUT2D eigenvalue weighted by molar-refractivity contribution is 0.0888. The highest BCUT2D eigenvalue weighted by Gasteiger charge is 2.26. The molecule has 1 aliphatic carbocycles. The van der Waals surface area contributed by atoms with Gasteiger partial charge in [-0.3, -0.25) is 9.59 Å². The molecule has 1 fully saturated rings. The molecule has 3 aromatic rings. The van der Waals surface area contributed by atoms with Crippen LogP contribution in [0.5, 0.6) is 17.4 Å². The van der Waals surface area contributed by atoms with Crippen LogP contribution in [0.15, 0.2) is 71.8 Å². The number of aromatic hydroxyl groups is 1. The highest BCUT2D eigenvalue weighted by atomic mass is 32.2. The second-order valence-electron chi connectivity index (χ2n) is 8.15. The number of aromatic nitrogens is 1. The molecule has 1 saturated carbocycles. The molecule has 2 aromatic carbocycles. The van der Waals surface area contributed by atoms with Crippen LogP contribution in [0.3, 0.4) is 0 Å². The van der Waals surface area contributed by atoms with Gasteiger partial charge in [-0.05, 0) is 74.4 Å². The molecule has 0 saturated heterocycles. The Balaban J connectivity index is 1.33. The van der Waals surface area contributed by atoms with Crippen molar-refractivity contribution in [1.29, 1.82) is 0 Å². The van der Waals surface area contributed by atoms with E-state index in [2.05, 4.69) is 15.6 Å². The first-order valence-electron chi connectivity index (χ1n) is 11.2. The maximum atomic E-state index is 13.0. The number of thioether (sulfide) groups is 1. The standard InChI is InChI=1S/C26H27N3O4S/c1-34-20-7-4-6-19(16-20)33-26-22(9-5-15-27-26)25(32)29-18-13-11-17(12-14-18)28-24(31)21-8-2-3-10-23(21)30/h2-10,15-18,30H,11-14H2,1H3,(H,28,31)(H,29,32). The third-order valence-electron chi connectivity index (χ3n) is 5.82. The Bertz CT molecular complexity index is 1160. The second-order valence-corrected chi connectivity index (χ2v) is 9.03. The molecule has 3 N–H and O–H groups in total. The van der Waals surface area contributed by atoms with Crippen molar-refractivity contribution < 1.29 is 19.4 Å². The summed E-state index contributed by atoms with van der Waals surface area (Å²) in [6.07, 6.45) is 6.55. The lowest BCUT2D eigenvalue weighted by atomic mass is 9.90. The predicted molar refractivity (Wildman–Crippen MR) is 132 cm³/mol. The van der Waals surface area contributed by atoms with E-state index in [0.29, 0.717) is 11.3 Å². The molecule has 0 atom stereocenters. The fourth-order valence-corrected chi connectivity index (χ4v) is 4.44. The Labute approximate surface area is 202 Å². The van der Waals surface area contributed by atoms with E-state index in [1.807, 2.05) is 30.5 Å². The first-order chi connectivity index (χ1) is 16.5. The molecule has 0 radical (unpaired) electrons. The van der Waals surface area contributed by atoms with Crippen LogP contribution in [0, 0.1) is 0 Å². The monoisotopic (exact) mass is 477 g/mol. The van der Waals surface area contributed by atoms with Crippen molar-refractivity contribution >= 4 is 23.6 Å². The fraction of sp³-hybridized carbons (Fsp3) is 0.269. The largest absolute Gasteiger partial charge is 0.507 e. The summed E-state index contributed by atoms with van der Waals surface area (Å²) in [7, 11) is 0. The summed E-state index contributed by atoms with van der Waals surface area (Å²) >= 11 is 1.61. The number of ether oxygens (including phenoxy) is 1. The van der Waals surface area contributed by atoms with E-state index >= 15 is 0 Å². The van der Waals surface area contributed by atoms with Gasteiger partial charge in [-0.2, -0.15) is 0 Å². The van der Waals surface area contributed by atoms with Crippen LogP contribution < -0.4 is 15.4 Å². The van der Waals surface area contributed by atoms with Crippen molar-refractivity contribution in [2.24, 2.45) is 0 Å². The van der Waals surface area contributed by atoms with Gasteiger partial charge in [0.25, 0.3) is 11.8 Å². The number of carbonyl (C=O) groups excluding carboxylic acids is 2. The zero-order valence-electron chi connectivity index (χ0n) is 18.9. The topological polar surface area (TPSA) is 101 Å². The van der Waals surface area contributed by atoms with Crippen molar-refractivity contribution in [2.45, 2.75) is 42.7 Å². The number of phenolic OH excluding ortho intramolecular Hbond substituents is 1. The van der Waals surface area contributed by atoms with Crippen molar-refractivity contribution in [3.8, 4) is 17.4 Å². The highest BCUT2D eigenvalue weighted by molar-refractivity contribution is 7.98. The third-order valence-corrected chi connectivity index (χ3v) is 6.54. The number of rotatable bonds is 7. The molecule has 1 heterocycles. The maximum Gasteiger partial charge on any atom is 0.257 e. The predicted octanol–water partition coefficient (Wildman–Crippen LogP) is 4.77. The maximum absolute atomic E-state index is 13.0. The molecule has 0 bridgehead atoms. The van der Waals surface area contributed by atoms with Crippen molar-refractivity contribution in [3.63, 3.8) is 0 Å². The molecule has 34 heavy (non-hydrogen) atoms. The zero-order valence-corrected chi connectivity index (χ0v) is 19.7. The van der Waals surface area contributed by atoms with Crippen molar-refractivity contribution in [2.75, 3.05) is 6.26 Å². The van der Waals surface area contributed by atoms with E-state index in [1.54, 1.807) is 48.3 Å². The number of para-hydroxylation sites is 1. The van der Waals surface area contributed by atoms with E-state index in [-0.39, 0.29) is 41.1 Å². The van der Waals surface area contributed by atoms with Crippen molar-refractivity contribution in [1.82, 2.24) is 15.6 Å². The minimum Gasteiger partial charge on any atom is -0.507 e. The molecule has 7 nitrogen and oxygen atoms in total. The van der Waals surface area contributed by atoms with E-state index in [0.717, 1.165) is 30.6 Å². The number of amides is 2. The van der Waals surface area contributed by atoms with Gasteiger partial charge in [0.05, 0.1) is 5.56 Å². The Morgan fingerprint density at radius 1 is 0.912 bits per heavy atom. The zero-order chi connectivity index (χ0) is 23.9. The van der Waals surface area contributed by atoms with Crippen LogP contribution in [-0.2, 0) is 0 Å². The van der Waals surface area contributed by atoms with Gasteiger partial charge in [0.1, 0.15) is 17.1 Å². The lowest BCUT2D eigenvalue weighted by Gasteiger charge is -2.29. The average Bonchev–Trinajstić information content (AvgIpc) is 2.86. The minimum atomic E-state index is -0.284. The molecule has 4 rings (SSSR count). The summed E-state index contributed by atoms with van der Waals surface area (Å²) in [5.74, 6) is 0.344. The minimum absolute atomic E-state index is 0.00116. The van der Waals surface area contributed by atoms with Gasteiger partial charge < -0.3 is 20.5 Å². The van der Waals surface area contributed by atoms with Gasteiger partial charge in [-0.1, -0.05) is 18.2 Å². The summed E-state index contributed by atoms with van der Waals surface area (Å²) in [5.41, 5.74) is 0.650. The Kier molecular flexibility index (Phi) is 7.69. The first kappa shape index (κ1) is 23.6. The quantitative estimate of drug-likeness (QED) is 0.424. The van der Waals surface area contributed by atoms with Gasteiger partial charge in [0, 0.05) is 23.2 Å². The van der Waals surface area contributed by atoms with Gasteiger partial charge in [0.2, 0.25) is 5.88 Å². The first-order valence-corrected chi connectivity index (χ1v) is 12.4. The highest BCUT2D eigenvalue weighted by Crippen LogP contribution is 2.27. The SMILES string of the molecule is CSc1cccc(Oc2ncccc2C(=O)NC2CCC(NC(=O)c3ccccc3O)CC2)c1. The summed E-state index contributed by atoms with van der Waals surface area (Å²) in [6.45, 7) is 0. The smallest absolute Gasteiger partial charge is 0.257 e. The molecule has 176 valence electrons. The number of hydrogen-bond donors (Lipinski definition) is 3. The van der Waals surface area contributed by atoms with E-state index < -0.39 is 0 Å². The van der Waals surface area contributed by atoms with Gasteiger partial charge in [-0.25, -0.2) is 4.98 Å². The Morgan fingerprint density at radius 3 is 2.24 bits per heavy atom. The molecule has 1 aliphatic rings. The second kappa shape index (κ2) is 11.1. The molecule has 2 amide bonds. The Morgan fingerprint density at radius 2 is 1.56 bits per heavy atom. The van der Waals surface area contributed by atoms with Crippen LogP contribution in [0.2, 0.25) is 0 Å². The Hall–Kier alpha value is -3.52. The van der Waals surface area contributed by atoms with Crippen LogP contribution in [0.1, 0.15) is 46.4 Å². The summed E-state index contributed by atoms with van der Waals surface area (Å²) < 4.78 is 5.92. The van der Waals surface area contributed by atoms with E-state index in [9.17, 15) is 14.7 Å². The number of nitrogens with one attached hydrogen (secondary N) is 2. The molecular weight excluding hydrogens is 450 g/mol. The average molecular weight is 478 g/mol. The summed E-state index contributed by atoms with van der Waals surface area (Å²) in [6, 6.07) is 17.5. The van der Waals surface area contributed by atoms with Crippen LogP contribution in [0.4, 0.5) is 0 Å². The van der Waals surface area contributed by atoms with E-state index in [4.69, 9.17) is 4.74 Å². The third kappa shape index (κ3) is 5.88. The van der Waals surface area contributed by atoms with Crippen LogP contribution in [0.25, 0.3) is 0 Å². The number of benzene rings is 2. The van der Waals surface area contributed by atoms with Crippen LogP contribution >= 0.6 is 11.8 Å². The molecule has 1 aromatic heterocycles. The summed E-state index contributed by atoms with van der Waals surface area (Å²) in [4.78, 5) is 30.8.